The van der Waals surface area contributed by atoms with E-state index in [1.54, 1.807) is 12.1 Å². The lowest BCUT2D eigenvalue weighted by Gasteiger charge is -2.11. The highest BCUT2D eigenvalue weighted by molar-refractivity contribution is 6.05. The smallest absolute Gasteiger partial charge is 0.306 e. The van der Waals surface area contributed by atoms with Crippen LogP contribution in [0.25, 0.3) is 11.0 Å². The van der Waals surface area contributed by atoms with E-state index in [1.807, 2.05) is 16.7 Å². The Morgan fingerprint density at radius 3 is 2.88 bits per heavy atom. The Kier molecular flexibility index (Phi) is 4.36. The highest BCUT2D eigenvalue weighted by Crippen LogP contribution is 2.30. The van der Waals surface area contributed by atoms with Gasteiger partial charge in [0.2, 0.25) is 0 Å². The summed E-state index contributed by atoms with van der Waals surface area (Å²) in [4.78, 5) is 27.8. The molecule has 1 aliphatic rings. The van der Waals surface area contributed by atoms with Gasteiger partial charge in [-0.05, 0) is 37.5 Å². The fourth-order valence-corrected chi connectivity index (χ4v) is 3.81. The summed E-state index contributed by atoms with van der Waals surface area (Å²) in [5, 5.41) is 9.83. The molecule has 0 spiro atoms. The van der Waals surface area contributed by atoms with Gasteiger partial charge in [0.05, 0.1) is 11.0 Å². The van der Waals surface area contributed by atoms with Crippen LogP contribution < -0.4 is 11.0 Å². The van der Waals surface area contributed by atoms with Gasteiger partial charge in [-0.15, -0.1) is 0 Å². The van der Waals surface area contributed by atoms with Gasteiger partial charge in [-0.1, -0.05) is 26.2 Å². The Labute approximate surface area is 150 Å². The first kappa shape index (κ1) is 16.6. The lowest BCUT2D eigenvalue weighted by Crippen LogP contribution is -2.20. The average molecular weight is 353 g/mol. The van der Waals surface area contributed by atoms with Crippen LogP contribution >= 0.6 is 0 Å². The first-order valence-electron chi connectivity index (χ1n) is 9.25. The number of benzene rings is 1. The number of aryl methyl sites for hydroxylation is 1. The van der Waals surface area contributed by atoms with Crippen LogP contribution in [0.2, 0.25) is 0 Å². The molecule has 0 aliphatic heterocycles. The number of aromatic amines is 2. The van der Waals surface area contributed by atoms with Crippen LogP contribution in [0.15, 0.2) is 29.1 Å². The highest BCUT2D eigenvalue weighted by Gasteiger charge is 2.21. The molecule has 1 amide bonds. The summed E-state index contributed by atoms with van der Waals surface area (Å²) in [5.74, 6) is 0.270. The van der Waals surface area contributed by atoms with Gasteiger partial charge >= 0.3 is 5.69 Å². The number of amides is 1. The van der Waals surface area contributed by atoms with Crippen molar-refractivity contribution in [2.75, 3.05) is 5.32 Å². The van der Waals surface area contributed by atoms with Crippen molar-refractivity contribution < 1.29 is 4.79 Å². The third-order valence-electron chi connectivity index (χ3n) is 5.06. The zero-order valence-corrected chi connectivity index (χ0v) is 14.8. The molecule has 2 heterocycles. The number of carbonyl (C=O) groups excluding carboxylic acids is 1. The van der Waals surface area contributed by atoms with E-state index in [-0.39, 0.29) is 17.6 Å². The molecule has 4 rings (SSSR count). The highest BCUT2D eigenvalue weighted by atomic mass is 16.2. The number of imidazole rings is 1. The van der Waals surface area contributed by atoms with Crippen molar-refractivity contribution in [1.29, 1.82) is 0 Å². The van der Waals surface area contributed by atoms with Crippen LogP contribution in [-0.4, -0.2) is 25.7 Å². The largest absolute Gasteiger partial charge is 0.326 e. The predicted molar refractivity (Wildman–Crippen MR) is 101 cm³/mol. The number of fused-ring (bicyclic) bond motifs is 1. The third-order valence-corrected chi connectivity index (χ3v) is 5.06. The van der Waals surface area contributed by atoms with E-state index in [2.05, 4.69) is 27.4 Å². The van der Waals surface area contributed by atoms with E-state index in [4.69, 9.17) is 0 Å². The Balaban J connectivity index is 1.58. The molecule has 26 heavy (non-hydrogen) atoms. The van der Waals surface area contributed by atoms with Gasteiger partial charge in [0.15, 0.2) is 5.82 Å². The van der Waals surface area contributed by atoms with E-state index in [0.29, 0.717) is 16.9 Å². The van der Waals surface area contributed by atoms with Gasteiger partial charge < -0.3 is 10.3 Å². The average Bonchev–Trinajstić information content (AvgIpc) is 3.34. The van der Waals surface area contributed by atoms with Crippen molar-refractivity contribution in [2.24, 2.45) is 0 Å². The summed E-state index contributed by atoms with van der Waals surface area (Å²) in [7, 11) is 0. The first-order chi connectivity index (χ1) is 12.7. The molecule has 0 unspecified atom stereocenters. The van der Waals surface area contributed by atoms with Gasteiger partial charge in [0.1, 0.15) is 0 Å². The summed E-state index contributed by atoms with van der Waals surface area (Å²) in [6.45, 7) is 2.09. The van der Waals surface area contributed by atoms with Crippen molar-refractivity contribution >= 4 is 22.8 Å². The molecule has 0 atom stereocenters. The Hall–Kier alpha value is -2.83. The second kappa shape index (κ2) is 6.82. The van der Waals surface area contributed by atoms with E-state index in [9.17, 15) is 9.59 Å². The molecule has 3 N–H and O–H groups in total. The fourth-order valence-electron chi connectivity index (χ4n) is 3.81. The molecule has 7 heteroatoms. The summed E-state index contributed by atoms with van der Waals surface area (Å²) >= 11 is 0. The minimum atomic E-state index is -0.240. The summed E-state index contributed by atoms with van der Waals surface area (Å²) in [6, 6.07) is 7.45. The van der Waals surface area contributed by atoms with Gasteiger partial charge in [-0.3, -0.25) is 14.5 Å². The van der Waals surface area contributed by atoms with Crippen molar-refractivity contribution in [3.63, 3.8) is 0 Å². The Morgan fingerprint density at radius 1 is 1.31 bits per heavy atom. The predicted octanol–water partition coefficient (Wildman–Crippen LogP) is 3.37. The zero-order chi connectivity index (χ0) is 18.1. The Bertz CT molecular complexity index is 991. The number of aromatic nitrogens is 4. The number of hydrogen-bond donors (Lipinski definition) is 3. The van der Waals surface area contributed by atoms with Crippen molar-refractivity contribution in [1.82, 2.24) is 19.7 Å². The molecule has 1 aromatic carbocycles. The van der Waals surface area contributed by atoms with Gasteiger partial charge in [0.25, 0.3) is 5.91 Å². The standard InChI is InChI=1S/C19H23N5O2/c1-2-5-13-11-17(23-22-13)21-18(25)12-8-9-16-15(10-12)20-19(26)24(16)14-6-3-4-7-14/h8-11,14H,2-7H2,1H3,(H,20,26)(H2,21,22,23,25). The second-order valence-corrected chi connectivity index (χ2v) is 6.95. The topological polar surface area (TPSA) is 95.6 Å². The van der Waals surface area contributed by atoms with Gasteiger partial charge in [-0.2, -0.15) is 5.10 Å². The number of carbonyl (C=O) groups is 1. The molecular formula is C19H23N5O2. The SMILES string of the molecule is CCCc1cc(NC(=O)c2ccc3c(c2)[nH]c(=O)n3C2CCCC2)n[nH]1. The molecule has 3 aromatic rings. The van der Waals surface area contributed by atoms with Crippen molar-refractivity contribution in [2.45, 2.75) is 51.5 Å². The van der Waals surface area contributed by atoms with E-state index >= 15 is 0 Å². The molecule has 0 saturated heterocycles. The minimum Gasteiger partial charge on any atom is -0.306 e. The minimum absolute atomic E-state index is 0.0963. The lowest BCUT2D eigenvalue weighted by molar-refractivity contribution is 0.102. The van der Waals surface area contributed by atoms with E-state index in [1.165, 1.54) is 0 Å². The number of hydrogen-bond acceptors (Lipinski definition) is 3. The molecule has 2 aromatic heterocycles. The van der Waals surface area contributed by atoms with Crippen LogP contribution in [0.3, 0.4) is 0 Å². The second-order valence-electron chi connectivity index (χ2n) is 6.95. The maximum atomic E-state index is 12.5. The normalized spacial score (nSPS) is 15.0. The Morgan fingerprint density at radius 2 is 2.12 bits per heavy atom. The molecule has 1 fully saturated rings. The summed E-state index contributed by atoms with van der Waals surface area (Å²) in [5.41, 5.74) is 2.96. The van der Waals surface area contributed by atoms with Crippen LogP contribution in [-0.2, 0) is 6.42 Å². The first-order valence-corrected chi connectivity index (χ1v) is 9.25. The molecule has 7 nitrogen and oxygen atoms in total. The zero-order valence-electron chi connectivity index (χ0n) is 14.8. The van der Waals surface area contributed by atoms with Gasteiger partial charge in [0, 0.05) is 23.4 Å². The number of nitrogens with one attached hydrogen (secondary N) is 3. The number of nitrogens with zero attached hydrogens (tertiary/aromatic N) is 2. The maximum Gasteiger partial charge on any atom is 0.326 e. The summed E-state index contributed by atoms with van der Waals surface area (Å²) < 4.78 is 1.84. The van der Waals surface area contributed by atoms with Crippen molar-refractivity contribution in [3.05, 3.63) is 46.0 Å². The fraction of sp³-hybridized carbons (Fsp3) is 0.421. The quantitative estimate of drug-likeness (QED) is 0.656. The number of H-pyrrole nitrogens is 2. The molecular weight excluding hydrogens is 330 g/mol. The van der Waals surface area contributed by atoms with Crippen LogP contribution in [0.1, 0.15) is 61.1 Å². The molecule has 1 aliphatic carbocycles. The van der Waals surface area contributed by atoms with Crippen LogP contribution in [0.5, 0.6) is 0 Å². The third kappa shape index (κ3) is 3.05. The van der Waals surface area contributed by atoms with Crippen LogP contribution in [0, 0.1) is 0 Å². The number of rotatable bonds is 5. The van der Waals surface area contributed by atoms with Gasteiger partial charge in [-0.25, -0.2) is 4.79 Å². The van der Waals surface area contributed by atoms with E-state index < -0.39 is 0 Å². The van der Waals surface area contributed by atoms with Crippen molar-refractivity contribution in [3.8, 4) is 0 Å². The maximum absolute atomic E-state index is 12.5. The lowest BCUT2D eigenvalue weighted by atomic mass is 10.1. The summed E-state index contributed by atoms with van der Waals surface area (Å²) in [6.07, 6.45) is 6.30. The molecule has 1 saturated carbocycles. The molecule has 136 valence electrons. The number of anilines is 1. The van der Waals surface area contributed by atoms with E-state index in [0.717, 1.165) is 49.7 Å². The molecule has 0 radical (unpaired) electrons. The van der Waals surface area contributed by atoms with Crippen LogP contribution in [0.4, 0.5) is 5.82 Å². The molecule has 0 bridgehead atoms. The monoisotopic (exact) mass is 353 g/mol.